The molecule has 2 aromatic rings. The smallest absolute Gasteiger partial charge is 0.226 e. The molecule has 2 heterocycles. The van der Waals surface area contributed by atoms with E-state index in [9.17, 15) is 8.42 Å². The van der Waals surface area contributed by atoms with Gasteiger partial charge in [0.2, 0.25) is 5.95 Å². The summed E-state index contributed by atoms with van der Waals surface area (Å²) in [4.78, 5) is 10.9. The van der Waals surface area contributed by atoms with Crippen molar-refractivity contribution in [3.63, 3.8) is 0 Å². The molecule has 0 atom stereocenters. The number of nitriles is 1. The molecule has 24 heavy (non-hydrogen) atoms. The van der Waals surface area contributed by atoms with Crippen LogP contribution in [0, 0.1) is 11.3 Å². The fourth-order valence-corrected chi connectivity index (χ4v) is 3.32. The quantitative estimate of drug-likeness (QED) is 0.881. The molecule has 1 fully saturated rings. The maximum Gasteiger partial charge on any atom is 0.226 e. The van der Waals surface area contributed by atoms with Crippen LogP contribution in [0.5, 0.6) is 0 Å². The zero-order valence-electron chi connectivity index (χ0n) is 13.2. The Bertz CT molecular complexity index is 882. The first kappa shape index (κ1) is 16.4. The van der Waals surface area contributed by atoms with Crippen LogP contribution in [0.2, 0.25) is 0 Å². The van der Waals surface area contributed by atoms with E-state index in [1.54, 1.807) is 24.3 Å². The third-order valence-corrected chi connectivity index (χ3v) is 4.93. The SMILES string of the molecule is CS(=O)(=O)c1cnc(N2CCNCC2)nc1-c1ccc(C#N)cc1. The molecular weight excluding hydrogens is 326 g/mol. The number of rotatable bonds is 3. The zero-order valence-corrected chi connectivity index (χ0v) is 14.0. The lowest BCUT2D eigenvalue weighted by Gasteiger charge is -2.27. The van der Waals surface area contributed by atoms with Gasteiger partial charge in [-0.2, -0.15) is 5.26 Å². The Morgan fingerprint density at radius 1 is 1.21 bits per heavy atom. The minimum atomic E-state index is -3.47. The average molecular weight is 343 g/mol. The van der Waals surface area contributed by atoms with Gasteiger partial charge in [-0.15, -0.1) is 0 Å². The molecule has 0 unspecified atom stereocenters. The van der Waals surface area contributed by atoms with Crippen LogP contribution >= 0.6 is 0 Å². The summed E-state index contributed by atoms with van der Waals surface area (Å²) < 4.78 is 24.2. The maximum absolute atomic E-state index is 12.1. The van der Waals surface area contributed by atoms with Gasteiger partial charge in [0, 0.05) is 38.0 Å². The summed E-state index contributed by atoms with van der Waals surface area (Å²) in [6, 6.07) is 8.75. The van der Waals surface area contributed by atoms with Gasteiger partial charge in [0.15, 0.2) is 9.84 Å². The third kappa shape index (κ3) is 3.37. The van der Waals surface area contributed by atoms with E-state index < -0.39 is 9.84 Å². The lowest BCUT2D eigenvalue weighted by molar-refractivity contribution is 0.578. The van der Waals surface area contributed by atoms with Crippen LogP contribution in [0.1, 0.15) is 5.56 Å². The minimum absolute atomic E-state index is 0.0890. The Labute approximate surface area is 140 Å². The van der Waals surface area contributed by atoms with E-state index >= 15 is 0 Å². The summed E-state index contributed by atoms with van der Waals surface area (Å²) in [7, 11) is -3.47. The van der Waals surface area contributed by atoms with E-state index in [0.717, 1.165) is 32.4 Å². The van der Waals surface area contributed by atoms with Gasteiger partial charge in [0.05, 0.1) is 23.5 Å². The second-order valence-electron chi connectivity index (χ2n) is 5.58. The normalized spacial score (nSPS) is 15.1. The molecule has 0 spiro atoms. The standard InChI is InChI=1S/C16H17N5O2S/c1-24(22,23)14-11-19-16(21-8-6-18-7-9-21)20-15(14)13-4-2-12(10-17)3-5-13/h2-5,11,18H,6-9H2,1H3. The topological polar surface area (TPSA) is 99.0 Å². The highest BCUT2D eigenvalue weighted by atomic mass is 32.2. The lowest BCUT2D eigenvalue weighted by atomic mass is 10.1. The Hall–Kier alpha value is -2.50. The van der Waals surface area contributed by atoms with E-state index in [2.05, 4.69) is 15.3 Å². The molecule has 3 rings (SSSR count). The molecule has 0 bridgehead atoms. The number of anilines is 1. The van der Waals surface area contributed by atoms with Gasteiger partial charge in [0.1, 0.15) is 4.90 Å². The molecule has 124 valence electrons. The van der Waals surface area contributed by atoms with Gasteiger partial charge < -0.3 is 10.2 Å². The highest BCUT2D eigenvalue weighted by molar-refractivity contribution is 7.90. The number of sulfone groups is 1. The first-order valence-electron chi connectivity index (χ1n) is 7.52. The molecule has 7 nitrogen and oxygen atoms in total. The van der Waals surface area contributed by atoms with Crippen LogP contribution in [0.15, 0.2) is 35.4 Å². The summed E-state index contributed by atoms with van der Waals surface area (Å²) in [6.45, 7) is 3.21. The van der Waals surface area contributed by atoms with Crippen molar-refractivity contribution in [2.24, 2.45) is 0 Å². The summed E-state index contributed by atoms with van der Waals surface area (Å²) in [5.41, 5.74) is 1.52. The van der Waals surface area contributed by atoms with Crippen LogP contribution in [-0.2, 0) is 9.84 Å². The van der Waals surface area contributed by atoms with Crippen molar-refractivity contribution < 1.29 is 8.42 Å². The van der Waals surface area contributed by atoms with Gasteiger partial charge in [-0.25, -0.2) is 18.4 Å². The van der Waals surface area contributed by atoms with Gasteiger partial charge in [-0.3, -0.25) is 0 Å². The monoisotopic (exact) mass is 343 g/mol. The largest absolute Gasteiger partial charge is 0.338 e. The predicted molar refractivity (Wildman–Crippen MR) is 90.4 cm³/mol. The number of nitrogens with one attached hydrogen (secondary N) is 1. The van der Waals surface area contributed by atoms with Crippen LogP contribution < -0.4 is 10.2 Å². The number of hydrogen-bond donors (Lipinski definition) is 1. The number of hydrogen-bond acceptors (Lipinski definition) is 7. The Morgan fingerprint density at radius 3 is 2.46 bits per heavy atom. The van der Waals surface area contributed by atoms with Crippen molar-refractivity contribution in [1.29, 1.82) is 5.26 Å². The molecule has 0 amide bonds. The number of piperazine rings is 1. The fraction of sp³-hybridized carbons (Fsp3) is 0.312. The third-order valence-electron chi connectivity index (χ3n) is 3.83. The summed E-state index contributed by atoms with van der Waals surface area (Å²) in [6.07, 6.45) is 2.51. The van der Waals surface area contributed by atoms with Gasteiger partial charge in [-0.1, -0.05) is 12.1 Å². The number of aromatic nitrogens is 2. The highest BCUT2D eigenvalue weighted by Crippen LogP contribution is 2.27. The van der Waals surface area contributed by atoms with Crippen LogP contribution in [0.3, 0.4) is 0 Å². The van der Waals surface area contributed by atoms with Crippen molar-refractivity contribution in [3.05, 3.63) is 36.0 Å². The molecular formula is C16H17N5O2S. The first-order valence-corrected chi connectivity index (χ1v) is 9.41. The molecule has 0 aliphatic carbocycles. The van der Waals surface area contributed by atoms with Gasteiger partial charge >= 0.3 is 0 Å². The summed E-state index contributed by atoms with van der Waals surface area (Å²) in [5.74, 6) is 0.517. The van der Waals surface area contributed by atoms with Crippen LogP contribution in [0.25, 0.3) is 11.3 Å². The van der Waals surface area contributed by atoms with Crippen LogP contribution in [0.4, 0.5) is 5.95 Å². The molecule has 0 radical (unpaired) electrons. The van der Waals surface area contributed by atoms with Crippen molar-refractivity contribution >= 4 is 15.8 Å². The van der Waals surface area contributed by atoms with E-state index in [4.69, 9.17) is 5.26 Å². The Balaban J connectivity index is 2.10. The van der Waals surface area contributed by atoms with E-state index in [1.807, 2.05) is 11.0 Å². The number of benzene rings is 1. The minimum Gasteiger partial charge on any atom is -0.338 e. The number of nitrogens with zero attached hydrogens (tertiary/aromatic N) is 4. The highest BCUT2D eigenvalue weighted by Gasteiger charge is 2.21. The average Bonchev–Trinajstić information content (AvgIpc) is 2.61. The van der Waals surface area contributed by atoms with Gasteiger partial charge in [-0.05, 0) is 12.1 Å². The van der Waals surface area contributed by atoms with E-state index in [1.165, 1.54) is 6.20 Å². The van der Waals surface area contributed by atoms with E-state index in [-0.39, 0.29) is 4.90 Å². The fourth-order valence-electron chi connectivity index (χ4n) is 2.56. The zero-order chi connectivity index (χ0) is 17.2. The van der Waals surface area contributed by atoms with Crippen molar-refractivity contribution in [1.82, 2.24) is 15.3 Å². The first-order chi connectivity index (χ1) is 11.5. The molecule has 1 saturated heterocycles. The van der Waals surface area contributed by atoms with Crippen molar-refractivity contribution in [2.45, 2.75) is 4.90 Å². The second kappa shape index (κ2) is 6.55. The molecule has 1 N–H and O–H groups in total. The molecule has 1 aliphatic heterocycles. The summed E-state index contributed by atoms with van der Waals surface area (Å²) in [5, 5.41) is 12.2. The molecule has 1 aliphatic rings. The molecule has 0 saturated carbocycles. The Morgan fingerprint density at radius 2 is 1.88 bits per heavy atom. The summed E-state index contributed by atoms with van der Waals surface area (Å²) >= 11 is 0. The van der Waals surface area contributed by atoms with Crippen LogP contribution in [-0.4, -0.2) is 50.8 Å². The predicted octanol–water partition coefficient (Wildman–Crippen LogP) is 0.828. The van der Waals surface area contributed by atoms with Crippen molar-refractivity contribution in [3.8, 4) is 17.3 Å². The molecule has 8 heteroatoms. The molecule has 1 aromatic carbocycles. The lowest BCUT2D eigenvalue weighted by Crippen LogP contribution is -2.44. The second-order valence-corrected chi connectivity index (χ2v) is 7.57. The molecule has 1 aromatic heterocycles. The van der Waals surface area contributed by atoms with E-state index in [0.29, 0.717) is 22.8 Å². The van der Waals surface area contributed by atoms with Gasteiger partial charge in [0.25, 0.3) is 0 Å². The Kier molecular flexibility index (Phi) is 4.46. The maximum atomic E-state index is 12.1. The van der Waals surface area contributed by atoms with Crippen molar-refractivity contribution in [2.75, 3.05) is 37.3 Å².